The van der Waals surface area contributed by atoms with Crippen LogP contribution in [0.3, 0.4) is 0 Å². The lowest BCUT2D eigenvalue weighted by Crippen LogP contribution is -2.50. The van der Waals surface area contributed by atoms with Crippen LogP contribution in [0.4, 0.5) is 10.5 Å². The molecule has 1 aliphatic carbocycles. The molecule has 2 amide bonds. The van der Waals surface area contributed by atoms with Gasteiger partial charge < -0.3 is 25.0 Å². The van der Waals surface area contributed by atoms with Crippen molar-refractivity contribution < 1.29 is 14.6 Å². The molecule has 138 valence electrons. The van der Waals surface area contributed by atoms with Gasteiger partial charge in [0.15, 0.2) is 0 Å². The van der Waals surface area contributed by atoms with Crippen LogP contribution in [0.15, 0.2) is 24.3 Å². The molecule has 3 rings (SSSR count). The van der Waals surface area contributed by atoms with Gasteiger partial charge in [0.2, 0.25) is 0 Å². The fourth-order valence-corrected chi connectivity index (χ4v) is 3.67. The average molecular weight is 347 g/mol. The molecule has 6 nitrogen and oxygen atoms in total. The molecule has 0 radical (unpaired) electrons. The second-order valence-corrected chi connectivity index (χ2v) is 7.08. The van der Waals surface area contributed by atoms with Gasteiger partial charge in [0.05, 0.1) is 24.9 Å². The molecule has 6 heteroatoms. The van der Waals surface area contributed by atoms with Gasteiger partial charge in [0.1, 0.15) is 11.9 Å². The van der Waals surface area contributed by atoms with E-state index in [-0.39, 0.29) is 24.3 Å². The number of carbonyl (C=O) groups excluding carboxylic acids is 1. The first kappa shape index (κ1) is 17.9. The Morgan fingerprint density at radius 3 is 2.76 bits per heavy atom. The monoisotopic (exact) mass is 347 g/mol. The molecule has 1 fully saturated rings. The zero-order valence-corrected chi connectivity index (χ0v) is 15.1. The SMILES string of the molecule is CCN1C[C@@H](CN(C)C(=O)NC2CCC(O)CC2)Oc2ccccc21. The van der Waals surface area contributed by atoms with E-state index in [1.165, 1.54) is 0 Å². The number of amides is 2. The number of urea groups is 1. The van der Waals surface area contributed by atoms with E-state index in [1.807, 2.05) is 25.2 Å². The minimum Gasteiger partial charge on any atom is -0.485 e. The molecule has 25 heavy (non-hydrogen) atoms. The minimum absolute atomic E-state index is 0.0428. The number of fused-ring (bicyclic) bond motifs is 1. The number of benzene rings is 1. The highest BCUT2D eigenvalue weighted by Crippen LogP contribution is 2.32. The highest BCUT2D eigenvalue weighted by atomic mass is 16.5. The summed E-state index contributed by atoms with van der Waals surface area (Å²) in [6, 6.07) is 8.15. The molecule has 1 aliphatic heterocycles. The van der Waals surface area contributed by atoms with Gasteiger partial charge in [-0.15, -0.1) is 0 Å². The summed E-state index contributed by atoms with van der Waals surface area (Å²) < 4.78 is 6.09. The molecule has 0 saturated heterocycles. The number of hydrogen-bond donors (Lipinski definition) is 2. The molecule has 1 aromatic carbocycles. The lowest BCUT2D eigenvalue weighted by molar-refractivity contribution is 0.113. The zero-order valence-electron chi connectivity index (χ0n) is 15.1. The largest absolute Gasteiger partial charge is 0.485 e. The average Bonchev–Trinajstić information content (AvgIpc) is 2.62. The summed E-state index contributed by atoms with van der Waals surface area (Å²) in [6.07, 6.45) is 2.97. The zero-order chi connectivity index (χ0) is 17.8. The maximum Gasteiger partial charge on any atom is 0.317 e. The lowest BCUT2D eigenvalue weighted by Gasteiger charge is -2.37. The van der Waals surface area contributed by atoms with E-state index in [9.17, 15) is 9.90 Å². The van der Waals surface area contributed by atoms with E-state index < -0.39 is 0 Å². The van der Waals surface area contributed by atoms with Crippen LogP contribution in [0, 0.1) is 0 Å². The van der Waals surface area contributed by atoms with Crippen LogP contribution in [-0.4, -0.2) is 61.0 Å². The van der Waals surface area contributed by atoms with Crippen molar-refractivity contribution in [2.75, 3.05) is 31.6 Å². The van der Waals surface area contributed by atoms with Crippen LogP contribution < -0.4 is 15.0 Å². The van der Waals surface area contributed by atoms with E-state index in [4.69, 9.17) is 4.74 Å². The second kappa shape index (κ2) is 7.95. The van der Waals surface area contributed by atoms with Crippen molar-refractivity contribution in [3.05, 3.63) is 24.3 Å². The molecule has 2 N–H and O–H groups in total. The summed E-state index contributed by atoms with van der Waals surface area (Å²) in [6.45, 7) is 4.37. The number of hydrogen-bond acceptors (Lipinski definition) is 4. The van der Waals surface area contributed by atoms with Crippen molar-refractivity contribution in [1.82, 2.24) is 10.2 Å². The second-order valence-electron chi connectivity index (χ2n) is 7.08. The Morgan fingerprint density at radius 2 is 2.04 bits per heavy atom. The van der Waals surface area contributed by atoms with Gasteiger partial charge >= 0.3 is 6.03 Å². The normalized spacial score (nSPS) is 25.7. The molecule has 0 unspecified atom stereocenters. The third-order valence-corrected chi connectivity index (χ3v) is 5.15. The van der Waals surface area contributed by atoms with Crippen LogP contribution in [0.1, 0.15) is 32.6 Å². The van der Waals surface area contributed by atoms with Gasteiger partial charge in [0.25, 0.3) is 0 Å². The Balaban J connectivity index is 1.54. The third-order valence-electron chi connectivity index (χ3n) is 5.15. The molecule has 1 aromatic rings. The van der Waals surface area contributed by atoms with E-state index in [1.54, 1.807) is 4.90 Å². The first-order valence-corrected chi connectivity index (χ1v) is 9.27. The highest BCUT2D eigenvalue weighted by molar-refractivity contribution is 5.74. The molecule has 0 bridgehead atoms. The number of anilines is 1. The molecular formula is C19H29N3O3. The Labute approximate surface area is 149 Å². The third kappa shape index (κ3) is 4.37. The number of aliphatic hydroxyl groups excluding tert-OH is 1. The predicted molar refractivity (Wildman–Crippen MR) is 98.2 cm³/mol. The standard InChI is InChI=1S/C19H29N3O3/c1-3-22-13-16(25-18-7-5-4-6-17(18)22)12-21(2)19(24)20-14-8-10-15(23)11-9-14/h4-7,14-16,23H,3,8-13H2,1-2H3,(H,20,24)/t14?,15?,16-/m1/s1. The maximum absolute atomic E-state index is 12.4. The smallest absolute Gasteiger partial charge is 0.317 e. The Hall–Kier alpha value is -1.95. The number of ether oxygens (including phenoxy) is 1. The van der Waals surface area contributed by atoms with Crippen LogP contribution in [0.25, 0.3) is 0 Å². The van der Waals surface area contributed by atoms with E-state index in [0.717, 1.165) is 50.2 Å². The first-order chi connectivity index (χ1) is 12.1. The van der Waals surface area contributed by atoms with Crippen molar-refractivity contribution in [3.63, 3.8) is 0 Å². The van der Waals surface area contributed by atoms with Crippen LogP contribution >= 0.6 is 0 Å². The van der Waals surface area contributed by atoms with Gasteiger partial charge in [-0.3, -0.25) is 0 Å². The summed E-state index contributed by atoms with van der Waals surface area (Å²) in [5.74, 6) is 0.885. The van der Waals surface area contributed by atoms with Crippen molar-refractivity contribution in [3.8, 4) is 5.75 Å². The fourth-order valence-electron chi connectivity index (χ4n) is 3.67. The molecule has 1 atom stereocenters. The Bertz CT molecular complexity index is 587. The van der Waals surface area contributed by atoms with Crippen molar-refractivity contribution in [2.24, 2.45) is 0 Å². The van der Waals surface area contributed by atoms with Gasteiger partial charge in [-0.1, -0.05) is 12.1 Å². The molecule has 0 aromatic heterocycles. The molecule has 0 spiro atoms. The fraction of sp³-hybridized carbons (Fsp3) is 0.632. The van der Waals surface area contributed by atoms with Gasteiger partial charge in [-0.2, -0.15) is 0 Å². The van der Waals surface area contributed by atoms with Crippen LogP contribution in [-0.2, 0) is 0 Å². The first-order valence-electron chi connectivity index (χ1n) is 9.27. The van der Waals surface area contributed by atoms with E-state index in [0.29, 0.717) is 6.54 Å². The van der Waals surface area contributed by atoms with Crippen LogP contribution in [0.2, 0.25) is 0 Å². The predicted octanol–water partition coefficient (Wildman–Crippen LogP) is 2.22. The van der Waals surface area contributed by atoms with Crippen molar-refractivity contribution >= 4 is 11.7 Å². The molecule has 1 heterocycles. The minimum atomic E-state index is -0.207. The van der Waals surface area contributed by atoms with Crippen molar-refractivity contribution in [2.45, 2.75) is 50.9 Å². The maximum atomic E-state index is 12.4. The number of aliphatic hydroxyl groups is 1. The lowest BCUT2D eigenvalue weighted by atomic mass is 9.93. The number of rotatable bonds is 4. The van der Waals surface area contributed by atoms with Gasteiger partial charge in [-0.25, -0.2) is 4.79 Å². The Kier molecular flexibility index (Phi) is 5.68. The highest BCUT2D eigenvalue weighted by Gasteiger charge is 2.28. The topological polar surface area (TPSA) is 65.0 Å². The quantitative estimate of drug-likeness (QED) is 0.877. The number of likely N-dealkylation sites (N-methyl/N-ethyl adjacent to an activating group) is 2. The summed E-state index contributed by atoms with van der Waals surface area (Å²) in [7, 11) is 1.81. The summed E-state index contributed by atoms with van der Waals surface area (Å²) >= 11 is 0. The summed E-state index contributed by atoms with van der Waals surface area (Å²) in [5.41, 5.74) is 1.12. The summed E-state index contributed by atoms with van der Waals surface area (Å²) in [5, 5.41) is 12.7. The number of carbonyl (C=O) groups is 1. The molecule has 1 saturated carbocycles. The van der Waals surface area contributed by atoms with E-state index >= 15 is 0 Å². The van der Waals surface area contributed by atoms with E-state index in [2.05, 4.69) is 23.2 Å². The number of nitrogens with zero attached hydrogens (tertiary/aromatic N) is 2. The Morgan fingerprint density at radius 1 is 1.32 bits per heavy atom. The van der Waals surface area contributed by atoms with Gasteiger partial charge in [0, 0.05) is 19.6 Å². The number of para-hydroxylation sites is 2. The number of nitrogens with one attached hydrogen (secondary N) is 1. The molecule has 2 aliphatic rings. The molecular weight excluding hydrogens is 318 g/mol. The van der Waals surface area contributed by atoms with Gasteiger partial charge in [-0.05, 0) is 44.7 Å². The van der Waals surface area contributed by atoms with Crippen molar-refractivity contribution in [1.29, 1.82) is 0 Å². The van der Waals surface area contributed by atoms with Crippen LogP contribution in [0.5, 0.6) is 5.75 Å². The summed E-state index contributed by atoms with van der Waals surface area (Å²) in [4.78, 5) is 16.4.